The van der Waals surface area contributed by atoms with E-state index in [1.54, 1.807) is 24.4 Å². The number of para-hydroxylation sites is 1. The van der Waals surface area contributed by atoms with Crippen LogP contribution in [0.2, 0.25) is 0 Å². The first kappa shape index (κ1) is 11.2. The average molecular weight is 234 g/mol. The lowest BCUT2D eigenvalue weighted by atomic mass is 10.2. The molecular weight excluding hydrogens is 224 g/mol. The third kappa shape index (κ3) is 2.45. The molecule has 1 heterocycles. The van der Waals surface area contributed by atoms with Crippen LogP contribution in [0.15, 0.2) is 30.5 Å². The lowest BCUT2D eigenvalue weighted by molar-refractivity contribution is -0.385. The second-order valence-corrected chi connectivity index (χ2v) is 3.45. The summed E-state index contributed by atoms with van der Waals surface area (Å²) in [6.07, 6.45) is 1.55. The minimum atomic E-state index is -0.431. The lowest BCUT2D eigenvalue weighted by Crippen LogP contribution is -2.03. The van der Waals surface area contributed by atoms with Crippen molar-refractivity contribution in [1.82, 2.24) is 15.0 Å². The summed E-state index contributed by atoms with van der Waals surface area (Å²) in [6, 6.07) is 6.45. The number of hydrogen-bond acceptors (Lipinski definition) is 5. The highest BCUT2D eigenvalue weighted by Gasteiger charge is 2.13. The van der Waals surface area contributed by atoms with Gasteiger partial charge in [0.1, 0.15) is 5.69 Å². The summed E-state index contributed by atoms with van der Waals surface area (Å²) in [5.74, 6) is 0. The lowest BCUT2D eigenvalue weighted by Gasteiger charge is -2.01. The largest absolute Gasteiger partial charge is 0.390 e. The molecule has 0 spiro atoms. The Morgan fingerprint density at radius 3 is 2.82 bits per heavy atom. The van der Waals surface area contributed by atoms with Crippen molar-refractivity contribution in [3.8, 4) is 0 Å². The third-order valence-electron chi connectivity index (χ3n) is 2.27. The van der Waals surface area contributed by atoms with Crippen LogP contribution in [0.1, 0.15) is 11.3 Å². The summed E-state index contributed by atoms with van der Waals surface area (Å²) in [5, 5.41) is 27.1. The maximum Gasteiger partial charge on any atom is 0.274 e. The molecule has 0 fully saturated rings. The molecule has 1 aromatic carbocycles. The van der Waals surface area contributed by atoms with Gasteiger partial charge in [0, 0.05) is 6.07 Å². The van der Waals surface area contributed by atoms with E-state index in [4.69, 9.17) is 5.11 Å². The van der Waals surface area contributed by atoms with Gasteiger partial charge in [0.05, 0.1) is 29.8 Å². The molecule has 2 aromatic rings. The fourth-order valence-electron chi connectivity index (χ4n) is 1.49. The molecule has 0 amide bonds. The molecule has 0 aliphatic rings. The molecule has 0 atom stereocenters. The molecule has 0 aliphatic heterocycles. The van der Waals surface area contributed by atoms with Crippen molar-refractivity contribution in [3.63, 3.8) is 0 Å². The number of rotatable bonds is 4. The van der Waals surface area contributed by atoms with Gasteiger partial charge in [0.25, 0.3) is 5.69 Å². The quantitative estimate of drug-likeness (QED) is 0.621. The molecule has 0 unspecified atom stereocenters. The number of nitro groups is 1. The number of nitrogens with zero attached hydrogens (tertiary/aromatic N) is 4. The van der Waals surface area contributed by atoms with E-state index in [1.807, 2.05) is 0 Å². The summed E-state index contributed by atoms with van der Waals surface area (Å²) in [7, 11) is 0. The highest BCUT2D eigenvalue weighted by molar-refractivity contribution is 5.39. The molecule has 0 aliphatic carbocycles. The topological polar surface area (TPSA) is 94.1 Å². The van der Waals surface area contributed by atoms with Gasteiger partial charge in [-0.25, -0.2) is 4.68 Å². The Kier molecular flexibility index (Phi) is 3.10. The number of aliphatic hydroxyl groups is 1. The number of aromatic nitrogens is 3. The highest BCUT2D eigenvalue weighted by Crippen LogP contribution is 2.18. The van der Waals surface area contributed by atoms with Crippen molar-refractivity contribution < 1.29 is 10.0 Å². The van der Waals surface area contributed by atoms with Crippen LogP contribution in [-0.2, 0) is 13.2 Å². The van der Waals surface area contributed by atoms with Gasteiger partial charge in [0.15, 0.2) is 0 Å². The van der Waals surface area contributed by atoms with Crippen molar-refractivity contribution in [3.05, 3.63) is 51.8 Å². The van der Waals surface area contributed by atoms with Gasteiger partial charge in [-0.3, -0.25) is 10.1 Å². The number of benzene rings is 1. The molecule has 0 saturated carbocycles. The molecule has 0 bridgehead atoms. The van der Waals surface area contributed by atoms with Gasteiger partial charge >= 0.3 is 0 Å². The van der Waals surface area contributed by atoms with Gasteiger partial charge in [-0.15, -0.1) is 5.10 Å². The average Bonchev–Trinajstić information content (AvgIpc) is 2.77. The number of nitro benzene ring substituents is 1. The second-order valence-electron chi connectivity index (χ2n) is 3.45. The summed E-state index contributed by atoms with van der Waals surface area (Å²) in [5.41, 5.74) is 1.03. The number of hydrogen-bond donors (Lipinski definition) is 1. The molecule has 0 radical (unpaired) electrons. The first-order chi connectivity index (χ1) is 8.20. The Labute approximate surface area is 96.5 Å². The van der Waals surface area contributed by atoms with Crippen LogP contribution in [0.3, 0.4) is 0 Å². The zero-order chi connectivity index (χ0) is 12.3. The Balaban J connectivity index is 2.26. The van der Waals surface area contributed by atoms with Crippen molar-refractivity contribution in [2.24, 2.45) is 0 Å². The van der Waals surface area contributed by atoms with Crippen LogP contribution in [0.5, 0.6) is 0 Å². The van der Waals surface area contributed by atoms with E-state index in [1.165, 1.54) is 10.7 Å². The smallest absolute Gasteiger partial charge is 0.274 e. The van der Waals surface area contributed by atoms with Gasteiger partial charge in [0.2, 0.25) is 0 Å². The first-order valence-electron chi connectivity index (χ1n) is 4.93. The zero-order valence-electron chi connectivity index (χ0n) is 8.85. The zero-order valence-corrected chi connectivity index (χ0v) is 8.85. The minimum Gasteiger partial charge on any atom is -0.390 e. The van der Waals surface area contributed by atoms with Crippen LogP contribution in [0.25, 0.3) is 0 Å². The third-order valence-corrected chi connectivity index (χ3v) is 2.27. The van der Waals surface area contributed by atoms with Gasteiger partial charge < -0.3 is 5.11 Å². The van der Waals surface area contributed by atoms with Crippen molar-refractivity contribution in [1.29, 1.82) is 0 Å². The van der Waals surface area contributed by atoms with Gasteiger partial charge in [-0.05, 0) is 0 Å². The van der Waals surface area contributed by atoms with Crippen molar-refractivity contribution in [2.75, 3.05) is 0 Å². The predicted octanol–water partition coefficient (Wildman–Crippen LogP) is 0.727. The van der Waals surface area contributed by atoms with E-state index in [2.05, 4.69) is 10.3 Å². The van der Waals surface area contributed by atoms with E-state index in [0.717, 1.165) is 0 Å². The van der Waals surface area contributed by atoms with Gasteiger partial charge in [-0.1, -0.05) is 23.4 Å². The van der Waals surface area contributed by atoms with E-state index in [0.29, 0.717) is 11.3 Å². The van der Waals surface area contributed by atoms with E-state index in [-0.39, 0.29) is 18.8 Å². The Bertz CT molecular complexity index is 538. The summed E-state index contributed by atoms with van der Waals surface area (Å²) >= 11 is 0. The minimum absolute atomic E-state index is 0.0496. The van der Waals surface area contributed by atoms with Crippen molar-refractivity contribution in [2.45, 2.75) is 13.2 Å². The molecular formula is C10H10N4O3. The Hall–Kier alpha value is -2.28. The molecule has 7 heteroatoms. The first-order valence-corrected chi connectivity index (χ1v) is 4.93. The summed E-state index contributed by atoms with van der Waals surface area (Å²) < 4.78 is 1.45. The van der Waals surface area contributed by atoms with Crippen LogP contribution in [-0.4, -0.2) is 25.0 Å². The Morgan fingerprint density at radius 2 is 2.18 bits per heavy atom. The molecule has 1 aromatic heterocycles. The van der Waals surface area contributed by atoms with Crippen molar-refractivity contribution >= 4 is 5.69 Å². The summed E-state index contributed by atoms with van der Waals surface area (Å²) in [6.45, 7) is 0.0566. The molecule has 17 heavy (non-hydrogen) atoms. The molecule has 2 rings (SSSR count). The molecule has 0 saturated heterocycles. The van der Waals surface area contributed by atoms with E-state index < -0.39 is 4.92 Å². The Morgan fingerprint density at radius 1 is 1.41 bits per heavy atom. The standard InChI is InChI=1S/C10H10N4O3/c15-7-9-6-13(12-11-9)5-8-3-1-2-4-10(8)14(16)17/h1-4,6,15H,5,7H2. The number of aliphatic hydroxyl groups excluding tert-OH is 1. The predicted molar refractivity (Wildman–Crippen MR) is 58.1 cm³/mol. The van der Waals surface area contributed by atoms with Crippen LogP contribution < -0.4 is 0 Å². The van der Waals surface area contributed by atoms with E-state index >= 15 is 0 Å². The maximum absolute atomic E-state index is 10.8. The van der Waals surface area contributed by atoms with E-state index in [9.17, 15) is 10.1 Å². The summed E-state index contributed by atoms with van der Waals surface area (Å²) in [4.78, 5) is 10.4. The molecule has 1 N–H and O–H groups in total. The molecule has 7 nitrogen and oxygen atoms in total. The highest BCUT2D eigenvalue weighted by atomic mass is 16.6. The monoisotopic (exact) mass is 234 g/mol. The van der Waals surface area contributed by atoms with Crippen LogP contribution in [0.4, 0.5) is 5.69 Å². The SMILES string of the molecule is O=[N+]([O-])c1ccccc1Cn1cc(CO)nn1. The normalized spacial score (nSPS) is 10.4. The fraction of sp³-hybridized carbons (Fsp3) is 0.200. The molecule has 88 valence electrons. The van der Waals surface area contributed by atoms with Crippen LogP contribution >= 0.6 is 0 Å². The van der Waals surface area contributed by atoms with Gasteiger partial charge in [-0.2, -0.15) is 0 Å². The fourth-order valence-corrected chi connectivity index (χ4v) is 1.49. The maximum atomic E-state index is 10.8. The second kappa shape index (κ2) is 4.71. The van der Waals surface area contributed by atoms with Crippen LogP contribution in [0, 0.1) is 10.1 Å².